The number of aromatic amines is 1. The van der Waals surface area contributed by atoms with E-state index in [1.807, 2.05) is 42.5 Å². The largest absolute Gasteiger partial charge is 0.497 e. The Morgan fingerprint density at radius 2 is 1.97 bits per heavy atom. The van der Waals surface area contributed by atoms with Crippen LogP contribution in [0.5, 0.6) is 11.5 Å². The van der Waals surface area contributed by atoms with E-state index in [-0.39, 0.29) is 35.6 Å². The number of aromatic nitrogens is 3. The molecule has 1 unspecified atom stereocenters. The highest BCUT2D eigenvalue weighted by molar-refractivity contribution is 14.0. The summed E-state index contributed by atoms with van der Waals surface area (Å²) < 4.78 is 11.3. The third-order valence-corrected chi connectivity index (χ3v) is 5.21. The van der Waals surface area contributed by atoms with E-state index >= 15 is 0 Å². The minimum Gasteiger partial charge on any atom is -0.497 e. The van der Waals surface area contributed by atoms with E-state index in [0.29, 0.717) is 18.3 Å². The average Bonchev–Trinajstić information content (AvgIpc) is 3.25. The molecule has 2 heterocycles. The van der Waals surface area contributed by atoms with Crippen LogP contribution < -0.4 is 20.1 Å². The van der Waals surface area contributed by atoms with Gasteiger partial charge in [-0.15, -0.1) is 24.0 Å². The summed E-state index contributed by atoms with van der Waals surface area (Å²) in [5.74, 6) is 3.77. The Labute approximate surface area is 205 Å². The maximum Gasteiger partial charge on any atom is 0.191 e. The summed E-state index contributed by atoms with van der Waals surface area (Å²) in [6, 6.07) is 15.9. The molecular formula is C23H29IN6O2. The molecule has 0 bridgehead atoms. The number of H-pyrrole nitrogens is 1. The molecule has 1 aromatic heterocycles. The Bertz CT molecular complexity index is 1060. The second-order valence-electron chi connectivity index (χ2n) is 8.06. The number of nitrogens with one attached hydrogen (secondary N) is 3. The Hall–Kier alpha value is -2.82. The number of hydrogen-bond acceptors (Lipinski definition) is 5. The highest BCUT2D eigenvalue weighted by atomic mass is 127. The zero-order valence-corrected chi connectivity index (χ0v) is 21.0. The Morgan fingerprint density at radius 1 is 1.22 bits per heavy atom. The molecule has 1 aliphatic heterocycles. The number of fused-ring (bicyclic) bond motifs is 1. The topological polar surface area (TPSA) is 96.5 Å². The molecule has 0 aliphatic carbocycles. The van der Waals surface area contributed by atoms with Gasteiger partial charge in [-0.1, -0.05) is 18.2 Å². The van der Waals surface area contributed by atoms with Gasteiger partial charge in [0.05, 0.1) is 19.7 Å². The molecular weight excluding hydrogens is 519 g/mol. The number of ether oxygens (including phenoxy) is 2. The SMILES string of the molecule is CN=C(NCc1nc(-c2ccc(OC)cc2)n[nH]1)NC1CC(C)(C)Oc2ccccc21.I. The van der Waals surface area contributed by atoms with Gasteiger partial charge in [0.25, 0.3) is 0 Å². The van der Waals surface area contributed by atoms with Crippen LogP contribution in [-0.2, 0) is 6.54 Å². The standard InChI is InChI=1S/C23H28N6O2.HI/c1-23(2)13-18(17-7-5-6-8-19(17)31-23)26-22(24-3)25-14-20-27-21(29-28-20)15-9-11-16(30-4)12-10-15;/h5-12,18H,13-14H2,1-4H3,(H2,24,25,26)(H,27,28,29);1H. The molecule has 0 saturated heterocycles. The average molecular weight is 548 g/mol. The number of benzene rings is 2. The first-order valence-electron chi connectivity index (χ1n) is 10.3. The molecule has 3 N–H and O–H groups in total. The fraction of sp³-hybridized carbons (Fsp3) is 0.348. The number of halogens is 1. The summed E-state index contributed by atoms with van der Waals surface area (Å²) in [4.78, 5) is 8.95. The molecule has 2 aromatic carbocycles. The van der Waals surface area contributed by atoms with Gasteiger partial charge in [0, 0.05) is 24.6 Å². The van der Waals surface area contributed by atoms with E-state index in [1.54, 1.807) is 14.2 Å². The molecule has 0 amide bonds. The normalized spacial score (nSPS) is 16.9. The molecule has 1 atom stereocenters. The zero-order valence-electron chi connectivity index (χ0n) is 18.7. The maximum absolute atomic E-state index is 6.12. The number of rotatable bonds is 5. The monoisotopic (exact) mass is 548 g/mol. The molecule has 9 heteroatoms. The van der Waals surface area contributed by atoms with Crippen LogP contribution in [0.15, 0.2) is 53.5 Å². The van der Waals surface area contributed by atoms with Crippen molar-refractivity contribution in [1.29, 1.82) is 0 Å². The van der Waals surface area contributed by atoms with Crippen LogP contribution in [0.4, 0.5) is 0 Å². The quantitative estimate of drug-likeness (QED) is 0.253. The first-order chi connectivity index (χ1) is 15.0. The molecule has 3 aromatic rings. The van der Waals surface area contributed by atoms with Gasteiger partial charge in [0.15, 0.2) is 11.8 Å². The molecule has 0 fully saturated rings. The number of para-hydroxylation sites is 1. The highest BCUT2D eigenvalue weighted by Gasteiger charge is 2.33. The zero-order chi connectivity index (χ0) is 21.8. The van der Waals surface area contributed by atoms with Gasteiger partial charge in [0.2, 0.25) is 0 Å². The fourth-order valence-electron chi connectivity index (χ4n) is 3.70. The lowest BCUT2D eigenvalue weighted by Gasteiger charge is -2.38. The minimum absolute atomic E-state index is 0. The number of guanidine groups is 1. The summed E-state index contributed by atoms with van der Waals surface area (Å²) in [5.41, 5.74) is 1.79. The van der Waals surface area contributed by atoms with Crippen molar-refractivity contribution < 1.29 is 9.47 Å². The molecule has 0 saturated carbocycles. The predicted molar refractivity (Wildman–Crippen MR) is 136 cm³/mol. The third-order valence-electron chi connectivity index (χ3n) is 5.21. The van der Waals surface area contributed by atoms with Crippen LogP contribution in [0.3, 0.4) is 0 Å². The van der Waals surface area contributed by atoms with Crippen LogP contribution in [-0.4, -0.2) is 40.9 Å². The molecule has 1 aliphatic rings. The van der Waals surface area contributed by atoms with Gasteiger partial charge in [0.1, 0.15) is 22.9 Å². The van der Waals surface area contributed by atoms with Crippen LogP contribution >= 0.6 is 24.0 Å². The second kappa shape index (κ2) is 10.2. The van der Waals surface area contributed by atoms with E-state index < -0.39 is 0 Å². The molecule has 8 nitrogen and oxygen atoms in total. The van der Waals surface area contributed by atoms with Crippen molar-refractivity contribution >= 4 is 29.9 Å². The van der Waals surface area contributed by atoms with Gasteiger partial charge in [-0.2, -0.15) is 5.10 Å². The molecule has 0 radical (unpaired) electrons. The lowest BCUT2D eigenvalue weighted by atomic mass is 9.90. The Kier molecular flexibility index (Phi) is 7.60. The van der Waals surface area contributed by atoms with E-state index in [0.717, 1.165) is 34.9 Å². The van der Waals surface area contributed by atoms with Gasteiger partial charge >= 0.3 is 0 Å². The van der Waals surface area contributed by atoms with Crippen LogP contribution in [0.2, 0.25) is 0 Å². The van der Waals surface area contributed by atoms with Crippen LogP contribution in [0, 0.1) is 0 Å². The summed E-state index contributed by atoms with van der Waals surface area (Å²) in [7, 11) is 3.40. The van der Waals surface area contributed by atoms with Crippen LogP contribution in [0.25, 0.3) is 11.4 Å². The van der Waals surface area contributed by atoms with E-state index in [1.165, 1.54) is 0 Å². The van der Waals surface area contributed by atoms with Gasteiger partial charge in [-0.25, -0.2) is 4.98 Å². The first kappa shape index (κ1) is 23.8. The minimum atomic E-state index is -0.261. The third kappa shape index (κ3) is 5.50. The number of methoxy groups -OCH3 is 1. The van der Waals surface area contributed by atoms with Crippen molar-refractivity contribution in [2.75, 3.05) is 14.2 Å². The van der Waals surface area contributed by atoms with Crippen molar-refractivity contribution in [2.45, 2.75) is 38.5 Å². The van der Waals surface area contributed by atoms with Crippen molar-refractivity contribution in [3.63, 3.8) is 0 Å². The van der Waals surface area contributed by atoms with E-state index in [2.05, 4.69) is 50.7 Å². The van der Waals surface area contributed by atoms with Crippen molar-refractivity contribution in [1.82, 2.24) is 25.8 Å². The summed E-state index contributed by atoms with van der Waals surface area (Å²) in [6.07, 6.45) is 0.828. The van der Waals surface area contributed by atoms with Crippen molar-refractivity contribution in [3.05, 3.63) is 59.9 Å². The number of nitrogens with zero attached hydrogens (tertiary/aromatic N) is 3. The smallest absolute Gasteiger partial charge is 0.191 e. The molecule has 170 valence electrons. The first-order valence-corrected chi connectivity index (χ1v) is 10.3. The van der Waals surface area contributed by atoms with Gasteiger partial charge in [-0.05, 0) is 44.2 Å². The fourth-order valence-corrected chi connectivity index (χ4v) is 3.70. The predicted octanol–water partition coefficient (Wildman–Crippen LogP) is 4.07. The molecule has 4 rings (SSSR count). The summed E-state index contributed by atoms with van der Waals surface area (Å²) >= 11 is 0. The molecule has 0 spiro atoms. The lowest BCUT2D eigenvalue weighted by Crippen LogP contribution is -2.45. The number of aliphatic imine (C=N–C) groups is 1. The van der Waals surface area contributed by atoms with Gasteiger partial charge < -0.3 is 20.1 Å². The maximum atomic E-state index is 6.12. The van der Waals surface area contributed by atoms with Gasteiger partial charge in [-0.3, -0.25) is 10.1 Å². The second-order valence-corrected chi connectivity index (χ2v) is 8.06. The van der Waals surface area contributed by atoms with Crippen molar-refractivity contribution in [3.8, 4) is 22.9 Å². The lowest BCUT2D eigenvalue weighted by molar-refractivity contribution is 0.0694. The Morgan fingerprint density at radius 3 is 2.69 bits per heavy atom. The summed E-state index contributed by atoms with van der Waals surface area (Å²) in [5, 5.41) is 14.1. The van der Waals surface area contributed by atoms with E-state index in [4.69, 9.17) is 9.47 Å². The van der Waals surface area contributed by atoms with E-state index in [9.17, 15) is 0 Å². The summed E-state index contributed by atoms with van der Waals surface area (Å²) in [6.45, 7) is 4.67. The van der Waals surface area contributed by atoms with Crippen LogP contribution in [0.1, 0.15) is 37.7 Å². The van der Waals surface area contributed by atoms with Crippen molar-refractivity contribution in [2.24, 2.45) is 4.99 Å². The number of hydrogen-bond donors (Lipinski definition) is 3. The highest BCUT2D eigenvalue weighted by Crippen LogP contribution is 2.39. The Balaban J connectivity index is 0.00000289. The molecule has 32 heavy (non-hydrogen) atoms.